The molecule has 0 aliphatic carbocycles. The predicted molar refractivity (Wildman–Crippen MR) is 250 cm³/mol. The van der Waals surface area contributed by atoms with Crippen LogP contribution in [0.4, 0.5) is 0 Å². The Morgan fingerprint density at radius 2 is 0.754 bits per heavy atom. The van der Waals surface area contributed by atoms with Crippen molar-refractivity contribution in [2.45, 2.75) is 295 Å². The lowest BCUT2D eigenvalue weighted by Crippen LogP contribution is -2.46. The topological polar surface area (TPSA) is 89.8 Å². The van der Waals surface area contributed by atoms with Crippen molar-refractivity contribution < 1.29 is 20.1 Å². The van der Waals surface area contributed by atoms with E-state index < -0.39 is 18.2 Å². The van der Waals surface area contributed by atoms with E-state index in [9.17, 15) is 20.1 Å². The average Bonchev–Trinajstić information content (AvgIpc) is 3.20. The van der Waals surface area contributed by atoms with Gasteiger partial charge in [0.2, 0.25) is 5.91 Å². The van der Waals surface area contributed by atoms with E-state index in [1.54, 1.807) is 0 Å². The van der Waals surface area contributed by atoms with Gasteiger partial charge < -0.3 is 20.6 Å². The Morgan fingerprint density at radius 3 is 1.11 bits per heavy atom. The normalized spacial score (nSPS) is 13.6. The van der Waals surface area contributed by atoms with Crippen LogP contribution in [-0.2, 0) is 4.79 Å². The van der Waals surface area contributed by atoms with E-state index in [2.05, 4.69) is 43.5 Å². The van der Waals surface area contributed by atoms with Crippen molar-refractivity contribution in [1.29, 1.82) is 0 Å². The highest BCUT2D eigenvalue weighted by Crippen LogP contribution is 2.17. The van der Waals surface area contributed by atoms with Crippen molar-refractivity contribution in [1.82, 2.24) is 5.32 Å². The number of amides is 1. The highest BCUT2D eigenvalue weighted by Gasteiger charge is 2.21. The summed E-state index contributed by atoms with van der Waals surface area (Å²) >= 11 is 0. The zero-order chi connectivity index (χ0) is 41.5. The van der Waals surface area contributed by atoms with Gasteiger partial charge in [0, 0.05) is 0 Å². The van der Waals surface area contributed by atoms with Crippen LogP contribution < -0.4 is 5.32 Å². The maximum atomic E-state index is 12.5. The summed E-state index contributed by atoms with van der Waals surface area (Å²) in [7, 11) is 0. The quantitative estimate of drug-likeness (QED) is 0.0364. The molecule has 0 aromatic rings. The zero-order valence-corrected chi connectivity index (χ0v) is 38.5. The number of carbonyl (C=O) groups excluding carboxylic acids is 1. The number of unbranched alkanes of at least 4 members (excludes halogenated alkanes) is 34. The van der Waals surface area contributed by atoms with Crippen LogP contribution in [0.25, 0.3) is 0 Å². The molecule has 4 N–H and O–H groups in total. The lowest BCUT2D eigenvalue weighted by molar-refractivity contribution is -0.125. The minimum absolute atomic E-state index is 0.0288. The molecular formula is C52H101NO4. The third-order valence-electron chi connectivity index (χ3n) is 12.0. The third-order valence-corrected chi connectivity index (χ3v) is 12.0. The molecule has 0 aliphatic heterocycles. The van der Waals surface area contributed by atoms with Crippen LogP contribution in [0.1, 0.15) is 277 Å². The second-order valence-corrected chi connectivity index (χ2v) is 17.8. The van der Waals surface area contributed by atoms with Gasteiger partial charge in [0.1, 0.15) is 0 Å². The molecule has 0 bridgehead atoms. The van der Waals surface area contributed by atoms with E-state index in [-0.39, 0.29) is 18.9 Å². The molecule has 0 fully saturated rings. The Hall–Kier alpha value is -1.17. The van der Waals surface area contributed by atoms with E-state index >= 15 is 0 Å². The number of aliphatic hydroxyl groups is 3. The SMILES string of the molecule is CCCCCCCCCCC/C=C\C/C=C\CCCCCCCC(O)CC(=O)NC(CO)C(O)CCCCCCCCCCCCCCCCCCCCCCC. The van der Waals surface area contributed by atoms with Gasteiger partial charge in [-0.05, 0) is 44.9 Å². The molecule has 5 heteroatoms. The average molecular weight is 804 g/mol. The molecule has 0 radical (unpaired) electrons. The summed E-state index contributed by atoms with van der Waals surface area (Å²) in [6, 6.07) is -0.663. The van der Waals surface area contributed by atoms with Crippen molar-refractivity contribution >= 4 is 5.91 Å². The van der Waals surface area contributed by atoms with E-state index in [1.165, 1.54) is 199 Å². The number of aliphatic hydroxyl groups excluding tert-OH is 3. The van der Waals surface area contributed by atoms with Crippen LogP contribution in [0, 0.1) is 0 Å². The fourth-order valence-electron chi connectivity index (χ4n) is 8.08. The molecule has 0 heterocycles. The second kappa shape index (κ2) is 47.5. The highest BCUT2D eigenvalue weighted by atomic mass is 16.3. The first kappa shape index (κ1) is 55.8. The Kier molecular flexibility index (Phi) is 46.5. The highest BCUT2D eigenvalue weighted by molar-refractivity contribution is 5.76. The van der Waals surface area contributed by atoms with E-state index in [0.717, 1.165) is 44.9 Å². The minimum Gasteiger partial charge on any atom is -0.394 e. The van der Waals surface area contributed by atoms with Crippen LogP contribution in [0.15, 0.2) is 24.3 Å². The summed E-state index contributed by atoms with van der Waals surface area (Å²) in [5.41, 5.74) is 0. The molecule has 338 valence electrons. The van der Waals surface area contributed by atoms with E-state index in [0.29, 0.717) is 12.8 Å². The summed E-state index contributed by atoms with van der Waals surface area (Å²) in [6.45, 7) is 4.28. The van der Waals surface area contributed by atoms with Crippen molar-refractivity contribution in [3.63, 3.8) is 0 Å². The van der Waals surface area contributed by atoms with Crippen molar-refractivity contribution in [3.05, 3.63) is 24.3 Å². The first-order chi connectivity index (χ1) is 28.0. The number of nitrogens with one attached hydrogen (secondary N) is 1. The Balaban J connectivity index is 3.59. The van der Waals surface area contributed by atoms with Crippen LogP contribution in [0.3, 0.4) is 0 Å². The molecular weight excluding hydrogens is 703 g/mol. The molecule has 0 rings (SSSR count). The first-order valence-corrected chi connectivity index (χ1v) is 25.6. The molecule has 0 saturated heterocycles. The van der Waals surface area contributed by atoms with Gasteiger partial charge >= 0.3 is 0 Å². The van der Waals surface area contributed by atoms with Crippen molar-refractivity contribution in [2.24, 2.45) is 0 Å². The molecule has 57 heavy (non-hydrogen) atoms. The maximum absolute atomic E-state index is 12.5. The molecule has 5 nitrogen and oxygen atoms in total. The number of rotatable bonds is 47. The number of carbonyl (C=O) groups is 1. The summed E-state index contributed by atoms with van der Waals surface area (Å²) in [5.74, 6) is -0.287. The smallest absolute Gasteiger partial charge is 0.222 e. The lowest BCUT2D eigenvalue weighted by Gasteiger charge is -2.23. The molecule has 1 amide bonds. The maximum Gasteiger partial charge on any atom is 0.222 e. The van der Waals surface area contributed by atoms with Crippen molar-refractivity contribution in [3.8, 4) is 0 Å². The van der Waals surface area contributed by atoms with Gasteiger partial charge in [-0.25, -0.2) is 0 Å². The molecule has 0 aliphatic rings. The van der Waals surface area contributed by atoms with Gasteiger partial charge in [-0.1, -0.05) is 250 Å². The molecule has 0 aromatic heterocycles. The predicted octanol–water partition coefficient (Wildman–Crippen LogP) is 15.3. The fourth-order valence-corrected chi connectivity index (χ4v) is 8.08. The van der Waals surface area contributed by atoms with E-state index in [4.69, 9.17) is 0 Å². The van der Waals surface area contributed by atoms with Crippen LogP contribution >= 0.6 is 0 Å². The van der Waals surface area contributed by atoms with Crippen LogP contribution in [0.2, 0.25) is 0 Å². The van der Waals surface area contributed by atoms with Crippen LogP contribution in [0.5, 0.6) is 0 Å². The largest absolute Gasteiger partial charge is 0.394 e. The Labute approximate surface area is 356 Å². The number of hydrogen-bond acceptors (Lipinski definition) is 4. The van der Waals surface area contributed by atoms with Crippen molar-refractivity contribution in [2.75, 3.05) is 6.61 Å². The molecule has 3 unspecified atom stereocenters. The van der Waals surface area contributed by atoms with Gasteiger partial charge in [-0.2, -0.15) is 0 Å². The van der Waals surface area contributed by atoms with Gasteiger partial charge in [-0.3, -0.25) is 4.79 Å². The molecule has 3 atom stereocenters. The van der Waals surface area contributed by atoms with Gasteiger partial charge in [0.05, 0.1) is 31.3 Å². The summed E-state index contributed by atoms with van der Waals surface area (Å²) in [4.78, 5) is 12.5. The van der Waals surface area contributed by atoms with Gasteiger partial charge in [-0.15, -0.1) is 0 Å². The lowest BCUT2D eigenvalue weighted by atomic mass is 10.0. The Morgan fingerprint density at radius 1 is 0.439 bits per heavy atom. The van der Waals surface area contributed by atoms with E-state index in [1.807, 2.05) is 0 Å². The van der Waals surface area contributed by atoms with Gasteiger partial charge in [0.25, 0.3) is 0 Å². The second-order valence-electron chi connectivity index (χ2n) is 17.8. The Bertz CT molecular complexity index is 844. The van der Waals surface area contributed by atoms with Crippen LogP contribution in [-0.4, -0.2) is 46.1 Å². The standard InChI is InChI=1S/C52H101NO4/c1-3-5-7-9-11-13-15-17-19-21-23-25-27-29-31-33-35-37-39-41-43-45-49(55)47-52(57)53-50(48-54)51(56)46-44-42-40-38-36-34-32-30-28-26-24-22-20-18-16-14-12-10-8-6-4-2/h23,25,29,31,49-51,54-56H,3-22,24,26-28,30,32-48H2,1-2H3,(H,53,57)/b25-23-,31-29-. The summed E-state index contributed by atoms with van der Waals surface area (Å²) in [5, 5.41) is 33.5. The monoisotopic (exact) mass is 804 g/mol. The third kappa shape index (κ3) is 44.2. The molecule has 0 saturated carbocycles. The number of hydrogen-bond donors (Lipinski definition) is 4. The number of allylic oxidation sites excluding steroid dienone is 4. The summed E-state index contributed by atoms with van der Waals surface area (Å²) in [6.07, 6.45) is 58.8. The molecule has 0 spiro atoms. The first-order valence-electron chi connectivity index (χ1n) is 25.6. The summed E-state index contributed by atoms with van der Waals surface area (Å²) < 4.78 is 0. The fraction of sp³-hybridized carbons (Fsp3) is 0.904. The zero-order valence-electron chi connectivity index (χ0n) is 38.5. The minimum atomic E-state index is -0.753. The van der Waals surface area contributed by atoms with Gasteiger partial charge in [0.15, 0.2) is 0 Å². The molecule has 0 aromatic carbocycles.